The van der Waals surface area contributed by atoms with Crippen molar-refractivity contribution in [2.24, 2.45) is 5.92 Å². The largest absolute Gasteiger partial charge is 0.473 e. The Morgan fingerprint density at radius 2 is 2.19 bits per heavy atom. The van der Waals surface area contributed by atoms with E-state index < -0.39 is 0 Å². The van der Waals surface area contributed by atoms with Crippen LogP contribution in [0.4, 0.5) is 0 Å². The molecule has 3 rings (SSSR count). The Bertz CT molecular complexity index is 495. The zero-order valence-corrected chi connectivity index (χ0v) is 13.3. The molecule has 0 N–H and O–H groups in total. The Morgan fingerprint density at radius 3 is 2.90 bits per heavy atom. The van der Waals surface area contributed by atoms with Crippen LogP contribution in [0.5, 0.6) is 5.88 Å². The maximum atomic E-state index is 12.7. The molecule has 0 aliphatic carbocycles. The molecule has 2 aliphatic heterocycles. The van der Waals surface area contributed by atoms with Gasteiger partial charge in [0.2, 0.25) is 5.88 Å². The fraction of sp³-hybridized carbons (Fsp3) is 0.625. The molecule has 21 heavy (non-hydrogen) atoms. The number of carbonyl (C=O) groups is 1. The monoisotopic (exact) mass is 306 g/mol. The number of hydrogen-bond donors (Lipinski definition) is 0. The number of hydrogen-bond acceptors (Lipinski definition) is 4. The molecule has 114 valence electrons. The number of aromatic nitrogens is 1. The second-order valence-electron chi connectivity index (χ2n) is 5.93. The van der Waals surface area contributed by atoms with Gasteiger partial charge in [-0.2, -0.15) is 11.8 Å². The van der Waals surface area contributed by atoms with Gasteiger partial charge in [-0.15, -0.1) is 0 Å². The number of pyridine rings is 1. The summed E-state index contributed by atoms with van der Waals surface area (Å²) in [6, 6.07) is 3.65. The summed E-state index contributed by atoms with van der Waals surface area (Å²) in [5.74, 6) is 3.41. The first-order valence-electron chi connectivity index (χ1n) is 7.72. The van der Waals surface area contributed by atoms with Crippen molar-refractivity contribution in [3.05, 3.63) is 23.9 Å². The number of piperidine rings is 1. The van der Waals surface area contributed by atoms with E-state index in [4.69, 9.17) is 4.74 Å². The molecule has 0 radical (unpaired) electrons. The van der Waals surface area contributed by atoms with E-state index >= 15 is 0 Å². The number of thioether (sulfide) groups is 1. The van der Waals surface area contributed by atoms with E-state index in [1.807, 2.05) is 28.8 Å². The first-order chi connectivity index (χ1) is 10.2. The third-order valence-electron chi connectivity index (χ3n) is 4.24. The SMILES string of the molecule is CC1CCN(C(=O)c2cccnc2OC2CCSC2)CC1. The molecule has 1 aromatic rings. The minimum atomic E-state index is 0.0654. The molecule has 5 heteroatoms. The van der Waals surface area contributed by atoms with Crippen LogP contribution >= 0.6 is 11.8 Å². The van der Waals surface area contributed by atoms with E-state index in [1.54, 1.807) is 6.20 Å². The molecule has 2 aliphatic rings. The molecule has 1 amide bonds. The highest BCUT2D eigenvalue weighted by Gasteiger charge is 2.26. The molecule has 4 nitrogen and oxygen atoms in total. The van der Waals surface area contributed by atoms with Crippen molar-refractivity contribution < 1.29 is 9.53 Å². The van der Waals surface area contributed by atoms with Crippen molar-refractivity contribution in [3.63, 3.8) is 0 Å². The molecule has 1 aromatic heterocycles. The topological polar surface area (TPSA) is 42.4 Å². The molecule has 0 saturated carbocycles. The van der Waals surface area contributed by atoms with Crippen molar-refractivity contribution in [1.29, 1.82) is 0 Å². The van der Waals surface area contributed by atoms with E-state index in [0.717, 1.165) is 43.9 Å². The highest BCUT2D eigenvalue weighted by atomic mass is 32.2. The van der Waals surface area contributed by atoms with E-state index in [-0.39, 0.29) is 12.0 Å². The predicted octanol–water partition coefficient (Wildman–Crippen LogP) is 2.84. The lowest BCUT2D eigenvalue weighted by Gasteiger charge is -2.30. The fourth-order valence-electron chi connectivity index (χ4n) is 2.79. The quantitative estimate of drug-likeness (QED) is 0.861. The van der Waals surface area contributed by atoms with Gasteiger partial charge in [0.15, 0.2) is 0 Å². The molecule has 0 bridgehead atoms. The fourth-order valence-corrected chi connectivity index (χ4v) is 3.89. The van der Waals surface area contributed by atoms with Crippen LogP contribution in [0, 0.1) is 5.92 Å². The van der Waals surface area contributed by atoms with Crippen LogP contribution in [0.2, 0.25) is 0 Å². The highest BCUT2D eigenvalue weighted by Crippen LogP contribution is 2.26. The first-order valence-corrected chi connectivity index (χ1v) is 8.88. The Hall–Kier alpha value is -1.23. The van der Waals surface area contributed by atoms with Gasteiger partial charge in [0.1, 0.15) is 11.7 Å². The summed E-state index contributed by atoms with van der Waals surface area (Å²) in [5.41, 5.74) is 0.615. The van der Waals surface area contributed by atoms with Gasteiger partial charge in [0, 0.05) is 25.0 Å². The second-order valence-corrected chi connectivity index (χ2v) is 7.08. The van der Waals surface area contributed by atoms with E-state index in [9.17, 15) is 4.79 Å². The van der Waals surface area contributed by atoms with Gasteiger partial charge in [-0.1, -0.05) is 6.92 Å². The molecule has 0 aromatic carbocycles. The van der Waals surface area contributed by atoms with Gasteiger partial charge >= 0.3 is 0 Å². The first kappa shape index (κ1) is 14.7. The van der Waals surface area contributed by atoms with E-state index in [1.165, 1.54) is 0 Å². The minimum absolute atomic E-state index is 0.0654. The van der Waals surface area contributed by atoms with Gasteiger partial charge in [-0.3, -0.25) is 4.79 Å². The molecule has 2 fully saturated rings. The van der Waals surface area contributed by atoms with Crippen LogP contribution in [-0.4, -0.2) is 46.5 Å². The van der Waals surface area contributed by atoms with Crippen LogP contribution in [0.1, 0.15) is 36.5 Å². The van der Waals surface area contributed by atoms with Gasteiger partial charge in [-0.05, 0) is 43.1 Å². The van der Waals surface area contributed by atoms with Crippen LogP contribution in [-0.2, 0) is 0 Å². The molecular weight excluding hydrogens is 284 g/mol. The minimum Gasteiger partial charge on any atom is -0.473 e. The lowest BCUT2D eigenvalue weighted by molar-refractivity contribution is 0.0689. The summed E-state index contributed by atoms with van der Waals surface area (Å²) in [4.78, 5) is 18.9. The Kier molecular flexibility index (Phi) is 4.68. The van der Waals surface area contributed by atoms with Crippen molar-refractivity contribution in [2.45, 2.75) is 32.3 Å². The summed E-state index contributed by atoms with van der Waals surface area (Å²) in [5, 5.41) is 0. The van der Waals surface area contributed by atoms with Crippen LogP contribution in [0.25, 0.3) is 0 Å². The number of rotatable bonds is 3. The van der Waals surface area contributed by atoms with E-state index in [0.29, 0.717) is 17.4 Å². The molecular formula is C16H22N2O2S. The molecule has 1 unspecified atom stereocenters. The van der Waals surface area contributed by atoms with Crippen LogP contribution < -0.4 is 4.74 Å². The third kappa shape index (κ3) is 3.51. The summed E-state index contributed by atoms with van der Waals surface area (Å²) in [7, 11) is 0. The van der Waals surface area contributed by atoms with Gasteiger partial charge < -0.3 is 9.64 Å². The Labute approximate surface area is 130 Å². The maximum absolute atomic E-state index is 12.7. The van der Waals surface area contributed by atoms with Crippen molar-refractivity contribution in [1.82, 2.24) is 9.88 Å². The third-order valence-corrected chi connectivity index (χ3v) is 5.37. The van der Waals surface area contributed by atoms with Crippen molar-refractivity contribution >= 4 is 17.7 Å². The average molecular weight is 306 g/mol. The lowest BCUT2D eigenvalue weighted by atomic mass is 9.99. The summed E-state index contributed by atoms with van der Waals surface area (Å²) in [6.07, 6.45) is 5.10. The number of carbonyl (C=O) groups excluding carboxylic acids is 1. The molecule has 1 atom stereocenters. The molecule has 2 saturated heterocycles. The summed E-state index contributed by atoms with van der Waals surface area (Å²) in [6.45, 7) is 3.93. The van der Waals surface area contributed by atoms with Crippen molar-refractivity contribution in [2.75, 3.05) is 24.6 Å². The van der Waals surface area contributed by atoms with E-state index in [2.05, 4.69) is 11.9 Å². The molecule has 3 heterocycles. The summed E-state index contributed by atoms with van der Waals surface area (Å²) < 4.78 is 5.96. The average Bonchev–Trinajstić information content (AvgIpc) is 3.01. The highest BCUT2D eigenvalue weighted by molar-refractivity contribution is 7.99. The van der Waals surface area contributed by atoms with Gasteiger partial charge in [-0.25, -0.2) is 4.98 Å². The maximum Gasteiger partial charge on any atom is 0.259 e. The zero-order chi connectivity index (χ0) is 14.7. The predicted molar refractivity (Wildman–Crippen MR) is 84.9 cm³/mol. The smallest absolute Gasteiger partial charge is 0.259 e. The van der Waals surface area contributed by atoms with Crippen LogP contribution in [0.3, 0.4) is 0 Å². The standard InChI is InChI=1S/C16H22N2O2S/c1-12-4-8-18(9-5-12)16(19)14-3-2-7-17-15(14)20-13-6-10-21-11-13/h2-3,7,12-13H,4-6,8-11H2,1H3. The lowest BCUT2D eigenvalue weighted by Crippen LogP contribution is -2.38. The number of amides is 1. The molecule has 0 spiro atoms. The number of ether oxygens (including phenoxy) is 1. The zero-order valence-electron chi connectivity index (χ0n) is 12.5. The number of likely N-dealkylation sites (tertiary alicyclic amines) is 1. The van der Waals surface area contributed by atoms with Gasteiger partial charge in [0.05, 0.1) is 0 Å². The Balaban J connectivity index is 1.73. The van der Waals surface area contributed by atoms with Gasteiger partial charge in [0.25, 0.3) is 5.91 Å². The number of nitrogens with zero attached hydrogens (tertiary/aromatic N) is 2. The van der Waals surface area contributed by atoms with Crippen molar-refractivity contribution in [3.8, 4) is 5.88 Å². The Morgan fingerprint density at radius 1 is 1.38 bits per heavy atom. The normalized spacial score (nSPS) is 23.3. The summed E-state index contributed by atoms with van der Waals surface area (Å²) >= 11 is 1.90. The van der Waals surface area contributed by atoms with Crippen LogP contribution in [0.15, 0.2) is 18.3 Å². The second kappa shape index (κ2) is 6.69.